The number of halogens is 1. The normalized spacial score (nSPS) is 14.5. The van der Waals surface area contributed by atoms with Crippen molar-refractivity contribution in [1.29, 1.82) is 0 Å². The van der Waals surface area contributed by atoms with Gasteiger partial charge in [0.1, 0.15) is 0 Å². The van der Waals surface area contributed by atoms with E-state index in [9.17, 15) is 0 Å². The molecule has 0 aliphatic rings. The van der Waals surface area contributed by atoms with Crippen LogP contribution < -0.4 is 5.32 Å². The molecule has 1 aromatic rings. The van der Waals surface area contributed by atoms with Gasteiger partial charge in [0.25, 0.3) is 0 Å². The molecule has 0 radical (unpaired) electrons. The minimum Gasteiger partial charge on any atom is -0.385 e. The molecule has 0 bridgehead atoms. The highest BCUT2D eigenvalue weighted by Crippen LogP contribution is 2.28. The van der Waals surface area contributed by atoms with Gasteiger partial charge in [-0.3, -0.25) is 0 Å². The largest absolute Gasteiger partial charge is 0.385 e. The lowest BCUT2D eigenvalue weighted by Gasteiger charge is -2.26. The zero-order valence-electron chi connectivity index (χ0n) is 11.8. The van der Waals surface area contributed by atoms with Crippen LogP contribution in [0.2, 0.25) is 0 Å². The van der Waals surface area contributed by atoms with E-state index in [1.807, 2.05) is 0 Å². The smallest absolute Gasteiger partial charge is 0.0465 e. The average molecular weight is 314 g/mol. The third-order valence-electron chi connectivity index (χ3n) is 3.34. The van der Waals surface area contributed by atoms with Crippen LogP contribution in [0.25, 0.3) is 0 Å². The van der Waals surface area contributed by atoms with Crippen LogP contribution in [0.1, 0.15) is 37.4 Å². The third kappa shape index (κ3) is 4.38. The van der Waals surface area contributed by atoms with Gasteiger partial charge in [0.05, 0.1) is 0 Å². The Morgan fingerprint density at radius 1 is 1.39 bits per heavy atom. The van der Waals surface area contributed by atoms with Crippen LogP contribution in [-0.2, 0) is 4.74 Å². The molecule has 18 heavy (non-hydrogen) atoms. The van der Waals surface area contributed by atoms with Crippen LogP contribution >= 0.6 is 15.9 Å². The van der Waals surface area contributed by atoms with E-state index in [0.717, 1.165) is 24.0 Å². The summed E-state index contributed by atoms with van der Waals surface area (Å²) in [5.41, 5.74) is 2.73. The van der Waals surface area contributed by atoms with Crippen molar-refractivity contribution in [3.8, 4) is 0 Å². The molecular weight excluding hydrogens is 290 g/mol. The summed E-state index contributed by atoms with van der Waals surface area (Å²) in [5.74, 6) is 0.560. The van der Waals surface area contributed by atoms with Gasteiger partial charge in [-0.15, -0.1) is 0 Å². The number of nitrogens with one attached hydrogen (secondary N) is 1. The summed E-state index contributed by atoms with van der Waals surface area (Å²) in [7, 11) is 1.76. The first kappa shape index (κ1) is 15.7. The molecule has 0 saturated heterocycles. The number of hydrogen-bond donors (Lipinski definition) is 1. The Hall–Kier alpha value is -0.380. The topological polar surface area (TPSA) is 21.3 Å². The van der Waals surface area contributed by atoms with Crippen LogP contribution in [0, 0.1) is 12.8 Å². The number of benzene rings is 1. The summed E-state index contributed by atoms with van der Waals surface area (Å²) in [6.45, 7) is 8.42. The maximum atomic E-state index is 5.19. The molecule has 0 aliphatic carbocycles. The van der Waals surface area contributed by atoms with Gasteiger partial charge in [-0.05, 0) is 49.1 Å². The van der Waals surface area contributed by atoms with Crippen molar-refractivity contribution in [2.24, 2.45) is 5.92 Å². The molecule has 0 aliphatic heterocycles. The molecular formula is C15H24BrNO. The predicted molar refractivity (Wildman–Crippen MR) is 81.0 cm³/mol. The SMILES string of the molecule is CCNC(c1ccc(Br)cc1C)C(C)CCOC. The monoisotopic (exact) mass is 313 g/mol. The van der Waals surface area contributed by atoms with Crippen LogP contribution in [0.3, 0.4) is 0 Å². The van der Waals surface area contributed by atoms with Crippen LogP contribution in [0.5, 0.6) is 0 Å². The minimum atomic E-state index is 0.401. The van der Waals surface area contributed by atoms with E-state index in [0.29, 0.717) is 12.0 Å². The summed E-state index contributed by atoms with van der Waals surface area (Å²) >= 11 is 3.52. The van der Waals surface area contributed by atoms with Crippen molar-refractivity contribution >= 4 is 15.9 Å². The molecule has 1 N–H and O–H groups in total. The summed E-state index contributed by atoms with van der Waals surface area (Å²) in [4.78, 5) is 0. The number of rotatable bonds is 7. The van der Waals surface area contributed by atoms with Gasteiger partial charge in [0, 0.05) is 24.2 Å². The highest BCUT2D eigenvalue weighted by Gasteiger charge is 2.19. The van der Waals surface area contributed by atoms with Gasteiger partial charge in [0.2, 0.25) is 0 Å². The highest BCUT2D eigenvalue weighted by atomic mass is 79.9. The lowest BCUT2D eigenvalue weighted by molar-refractivity contribution is 0.170. The zero-order chi connectivity index (χ0) is 13.5. The number of methoxy groups -OCH3 is 1. The van der Waals surface area contributed by atoms with E-state index in [2.05, 4.69) is 60.2 Å². The minimum absolute atomic E-state index is 0.401. The van der Waals surface area contributed by atoms with E-state index in [4.69, 9.17) is 4.74 Å². The van der Waals surface area contributed by atoms with Crippen molar-refractivity contribution in [3.05, 3.63) is 33.8 Å². The second-order valence-electron chi connectivity index (χ2n) is 4.80. The molecule has 2 atom stereocenters. The molecule has 3 heteroatoms. The Morgan fingerprint density at radius 2 is 2.11 bits per heavy atom. The Kier molecular flexibility index (Phi) is 6.90. The molecule has 2 nitrogen and oxygen atoms in total. The molecule has 0 saturated carbocycles. The van der Waals surface area contributed by atoms with Gasteiger partial charge in [-0.2, -0.15) is 0 Å². The van der Waals surface area contributed by atoms with Crippen molar-refractivity contribution in [2.45, 2.75) is 33.2 Å². The fourth-order valence-corrected chi connectivity index (χ4v) is 2.77. The molecule has 0 heterocycles. The van der Waals surface area contributed by atoms with Crippen molar-refractivity contribution in [1.82, 2.24) is 5.32 Å². The average Bonchev–Trinajstić information content (AvgIpc) is 2.34. The third-order valence-corrected chi connectivity index (χ3v) is 3.83. The fourth-order valence-electron chi connectivity index (χ4n) is 2.30. The van der Waals surface area contributed by atoms with Gasteiger partial charge < -0.3 is 10.1 Å². The summed E-state index contributed by atoms with van der Waals surface area (Å²) in [5, 5.41) is 3.60. The Balaban J connectivity index is 2.88. The van der Waals surface area contributed by atoms with Gasteiger partial charge in [-0.25, -0.2) is 0 Å². The molecule has 0 aromatic heterocycles. The first-order chi connectivity index (χ1) is 8.60. The number of hydrogen-bond acceptors (Lipinski definition) is 2. The summed E-state index contributed by atoms with van der Waals surface area (Å²) in [6, 6.07) is 6.92. The van der Waals surface area contributed by atoms with Gasteiger partial charge >= 0.3 is 0 Å². The lowest BCUT2D eigenvalue weighted by atomic mass is 9.89. The second-order valence-corrected chi connectivity index (χ2v) is 5.71. The Morgan fingerprint density at radius 3 is 2.67 bits per heavy atom. The van der Waals surface area contributed by atoms with Gasteiger partial charge in [0.15, 0.2) is 0 Å². The number of aryl methyl sites for hydroxylation is 1. The maximum absolute atomic E-state index is 5.19. The number of ether oxygens (including phenoxy) is 1. The van der Waals surface area contributed by atoms with Crippen molar-refractivity contribution in [3.63, 3.8) is 0 Å². The van der Waals surface area contributed by atoms with Crippen LogP contribution in [0.4, 0.5) is 0 Å². The Bertz CT molecular complexity index is 368. The molecule has 0 amide bonds. The van der Waals surface area contributed by atoms with Crippen molar-refractivity contribution in [2.75, 3.05) is 20.3 Å². The van der Waals surface area contributed by atoms with E-state index < -0.39 is 0 Å². The quantitative estimate of drug-likeness (QED) is 0.819. The van der Waals surface area contributed by atoms with E-state index >= 15 is 0 Å². The van der Waals surface area contributed by atoms with Gasteiger partial charge in [-0.1, -0.05) is 35.8 Å². The first-order valence-electron chi connectivity index (χ1n) is 6.58. The lowest BCUT2D eigenvalue weighted by Crippen LogP contribution is -2.28. The van der Waals surface area contributed by atoms with E-state index in [-0.39, 0.29) is 0 Å². The van der Waals surface area contributed by atoms with E-state index in [1.165, 1.54) is 11.1 Å². The fraction of sp³-hybridized carbons (Fsp3) is 0.600. The van der Waals surface area contributed by atoms with E-state index in [1.54, 1.807) is 7.11 Å². The summed E-state index contributed by atoms with van der Waals surface area (Å²) < 4.78 is 6.33. The molecule has 1 aromatic carbocycles. The first-order valence-corrected chi connectivity index (χ1v) is 7.37. The molecule has 2 unspecified atom stereocenters. The predicted octanol–water partition coefficient (Wildman–Crippen LogP) is 4.08. The maximum Gasteiger partial charge on any atom is 0.0465 e. The highest BCUT2D eigenvalue weighted by molar-refractivity contribution is 9.10. The van der Waals surface area contributed by atoms with Crippen molar-refractivity contribution < 1.29 is 4.74 Å². The zero-order valence-corrected chi connectivity index (χ0v) is 13.4. The molecule has 102 valence electrons. The van der Waals surface area contributed by atoms with Crippen LogP contribution in [0.15, 0.2) is 22.7 Å². The summed E-state index contributed by atoms with van der Waals surface area (Å²) in [6.07, 6.45) is 1.07. The Labute approximate surface area is 119 Å². The molecule has 1 rings (SSSR count). The molecule has 0 spiro atoms. The second kappa shape index (κ2) is 7.93. The van der Waals surface area contributed by atoms with Crippen LogP contribution in [-0.4, -0.2) is 20.3 Å². The standard InChI is InChI=1S/C15H24BrNO/c1-5-17-15(11(2)8-9-18-4)14-7-6-13(16)10-12(14)3/h6-7,10-11,15,17H,5,8-9H2,1-4H3. The molecule has 0 fully saturated rings.